The molecule has 0 amide bonds. The van der Waals surface area contributed by atoms with Crippen molar-refractivity contribution < 1.29 is 13.9 Å². The lowest BCUT2D eigenvalue weighted by Crippen LogP contribution is -2.34. The number of pyridine rings is 1. The van der Waals surface area contributed by atoms with Crippen LogP contribution in [0.5, 0.6) is 5.88 Å². The van der Waals surface area contributed by atoms with E-state index < -0.39 is 18.0 Å². The predicted octanol–water partition coefficient (Wildman–Crippen LogP) is 2.58. The Labute approximate surface area is 171 Å². The highest BCUT2D eigenvalue weighted by Gasteiger charge is 2.30. The van der Waals surface area contributed by atoms with Gasteiger partial charge in [0, 0.05) is 19.3 Å². The van der Waals surface area contributed by atoms with Gasteiger partial charge >= 0.3 is 0 Å². The van der Waals surface area contributed by atoms with E-state index in [-0.39, 0.29) is 17.4 Å². The molecule has 2 unspecified atom stereocenters. The molecule has 148 valence electrons. The van der Waals surface area contributed by atoms with Crippen LogP contribution in [0.15, 0.2) is 36.5 Å². The van der Waals surface area contributed by atoms with E-state index in [0.29, 0.717) is 42.5 Å². The standard InChI is InChI=1S/C17H16ClFN6O2.ClH/c18-12-4-3-10(8-13(12)19)15-14(9-20-6-7-26-15)27-17-11(2-1-5-21-17)16-22-24-25-23-16;/h1-5,8,14-15,20H,6-7,9H2,(H,22,23,24,25);1H. The van der Waals surface area contributed by atoms with E-state index in [1.807, 2.05) is 0 Å². The van der Waals surface area contributed by atoms with Crippen molar-refractivity contribution in [3.63, 3.8) is 0 Å². The maximum Gasteiger partial charge on any atom is 0.225 e. The molecule has 2 atom stereocenters. The van der Waals surface area contributed by atoms with Crippen LogP contribution in [0.3, 0.4) is 0 Å². The zero-order valence-electron chi connectivity index (χ0n) is 14.5. The third-order valence-corrected chi connectivity index (χ3v) is 4.47. The number of aromatic nitrogens is 5. The fourth-order valence-corrected chi connectivity index (χ4v) is 3.02. The van der Waals surface area contributed by atoms with Gasteiger partial charge in [-0.1, -0.05) is 17.7 Å². The number of H-pyrrole nitrogens is 1. The minimum atomic E-state index is -0.500. The van der Waals surface area contributed by atoms with Gasteiger partial charge in [-0.15, -0.1) is 17.5 Å². The van der Waals surface area contributed by atoms with E-state index in [2.05, 4.69) is 30.9 Å². The first-order valence-corrected chi connectivity index (χ1v) is 8.73. The Morgan fingerprint density at radius 1 is 1.29 bits per heavy atom. The van der Waals surface area contributed by atoms with E-state index in [0.717, 1.165) is 0 Å². The van der Waals surface area contributed by atoms with E-state index in [1.54, 1.807) is 24.4 Å². The average molecular weight is 427 g/mol. The van der Waals surface area contributed by atoms with Crippen molar-refractivity contribution in [1.29, 1.82) is 0 Å². The van der Waals surface area contributed by atoms with Crippen LogP contribution in [-0.2, 0) is 4.74 Å². The monoisotopic (exact) mass is 426 g/mol. The summed E-state index contributed by atoms with van der Waals surface area (Å²) >= 11 is 5.80. The Kier molecular flexibility index (Phi) is 6.74. The third-order valence-electron chi connectivity index (χ3n) is 4.17. The molecule has 1 aliphatic rings. The number of nitrogens with one attached hydrogen (secondary N) is 2. The Bertz CT molecular complexity index is 914. The molecule has 3 heterocycles. The van der Waals surface area contributed by atoms with Crippen molar-refractivity contribution in [3.8, 4) is 17.3 Å². The fraction of sp³-hybridized carbons (Fsp3) is 0.294. The highest BCUT2D eigenvalue weighted by atomic mass is 35.5. The van der Waals surface area contributed by atoms with E-state index in [9.17, 15) is 4.39 Å². The van der Waals surface area contributed by atoms with Gasteiger partial charge < -0.3 is 14.8 Å². The predicted molar refractivity (Wildman–Crippen MR) is 102 cm³/mol. The Hall–Kier alpha value is -2.33. The SMILES string of the molecule is Cl.Fc1cc(C2OCCNCC2Oc2ncccc2-c2nnn[nH]2)ccc1Cl. The number of halogens is 3. The molecule has 28 heavy (non-hydrogen) atoms. The minimum absolute atomic E-state index is 0. The van der Waals surface area contributed by atoms with Crippen LogP contribution in [-0.4, -0.2) is 51.4 Å². The number of hydrogen-bond donors (Lipinski definition) is 2. The molecular weight excluding hydrogens is 410 g/mol. The van der Waals surface area contributed by atoms with Gasteiger partial charge in [0.25, 0.3) is 0 Å². The van der Waals surface area contributed by atoms with Crippen LogP contribution in [0.4, 0.5) is 4.39 Å². The molecule has 0 radical (unpaired) electrons. The molecular formula is C17H17Cl2FN6O2. The number of ether oxygens (including phenoxy) is 2. The van der Waals surface area contributed by atoms with Gasteiger partial charge in [0.15, 0.2) is 5.82 Å². The molecule has 4 rings (SSSR count). The molecule has 1 fully saturated rings. The molecule has 2 aromatic heterocycles. The van der Waals surface area contributed by atoms with Crippen LogP contribution in [0.2, 0.25) is 5.02 Å². The zero-order chi connectivity index (χ0) is 18.6. The maximum atomic E-state index is 14.0. The lowest BCUT2D eigenvalue weighted by molar-refractivity contribution is -0.00996. The van der Waals surface area contributed by atoms with Gasteiger partial charge in [-0.25, -0.2) is 14.5 Å². The van der Waals surface area contributed by atoms with Crippen molar-refractivity contribution in [2.24, 2.45) is 0 Å². The first-order valence-electron chi connectivity index (χ1n) is 8.35. The number of nitrogens with zero attached hydrogens (tertiary/aromatic N) is 4. The summed E-state index contributed by atoms with van der Waals surface area (Å²) < 4.78 is 26.0. The molecule has 0 saturated carbocycles. The van der Waals surface area contributed by atoms with E-state index >= 15 is 0 Å². The number of hydrogen-bond acceptors (Lipinski definition) is 7. The quantitative estimate of drug-likeness (QED) is 0.661. The number of aromatic amines is 1. The Morgan fingerprint density at radius 3 is 2.96 bits per heavy atom. The van der Waals surface area contributed by atoms with Gasteiger partial charge in [0.1, 0.15) is 18.0 Å². The summed E-state index contributed by atoms with van der Waals surface area (Å²) in [6, 6.07) is 8.17. The largest absolute Gasteiger partial charge is 0.469 e. The van der Waals surface area contributed by atoms with Crippen LogP contribution in [0.1, 0.15) is 11.7 Å². The van der Waals surface area contributed by atoms with Crippen molar-refractivity contribution in [3.05, 3.63) is 52.9 Å². The second kappa shape index (κ2) is 9.24. The van der Waals surface area contributed by atoms with E-state index in [4.69, 9.17) is 21.1 Å². The second-order valence-corrected chi connectivity index (χ2v) is 6.34. The van der Waals surface area contributed by atoms with Gasteiger partial charge in [0.05, 0.1) is 17.2 Å². The summed E-state index contributed by atoms with van der Waals surface area (Å²) in [7, 11) is 0. The van der Waals surface area contributed by atoms with Gasteiger partial charge in [-0.3, -0.25) is 0 Å². The van der Waals surface area contributed by atoms with Crippen LogP contribution < -0.4 is 10.1 Å². The molecule has 2 N–H and O–H groups in total. The van der Waals surface area contributed by atoms with E-state index in [1.165, 1.54) is 12.1 Å². The number of benzene rings is 1. The molecule has 1 aliphatic heterocycles. The summed E-state index contributed by atoms with van der Waals surface area (Å²) in [6.45, 7) is 1.63. The molecule has 3 aromatic rings. The molecule has 1 saturated heterocycles. The summed E-state index contributed by atoms with van der Waals surface area (Å²) in [6.07, 6.45) is 0.678. The molecule has 0 spiro atoms. The second-order valence-electron chi connectivity index (χ2n) is 5.93. The summed E-state index contributed by atoms with van der Waals surface area (Å²) in [4.78, 5) is 4.30. The fourth-order valence-electron chi connectivity index (χ4n) is 2.90. The van der Waals surface area contributed by atoms with Crippen molar-refractivity contribution >= 4 is 24.0 Å². The summed E-state index contributed by atoms with van der Waals surface area (Å²) in [5, 5.41) is 17.1. The van der Waals surface area contributed by atoms with Gasteiger partial charge in [0.2, 0.25) is 5.88 Å². The first-order chi connectivity index (χ1) is 13.2. The molecule has 8 nitrogen and oxygen atoms in total. The third kappa shape index (κ3) is 4.39. The van der Waals surface area contributed by atoms with Crippen molar-refractivity contribution in [2.75, 3.05) is 19.7 Å². The minimum Gasteiger partial charge on any atom is -0.469 e. The summed E-state index contributed by atoms with van der Waals surface area (Å²) in [5.74, 6) is 0.294. The number of rotatable bonds is 4. The molecule has 1 aromatic carbocycles. The lowest BCUT2D eigenvalue weighted by Gasteiger charge is -2.26. The highest BCUT2D eigenvalue weighted by Crippen LogP contribution is 2.31. The van der Waals surface area contributed by atoms with Crippen LogP contribution in [0, 0.1) is 5.82 Å². The Morgan fingerprint density at radius 2 is 2.18 bits per heavy atom. The van der Waals surface area contributed by atoms with Gasteiger partial charge in [-0.2, -0.15) is 0 Å². The topological polar surface area (TPSA) is 97.8 Å². The Balaban J connectivity index is 0.00000225. The van der Waals surface area contributed by atoms with Crippen molar-refractivity contribution in [2.45, 2.75) is 12.2 Å². The molecule has 11 heteroatoms. The van der Waals surface area contributed by atoms with Crippen LogP contribution >= 0.6 is 24.0 Å². The lowest BCUT2D eigenvalue weighted by atomic mass is 10.0. The average Bonchev–Trinajstić information content (AvgIpc) is 3.12. The zero-order valence-corrected chi connectivity index (χ0v) is 16.1. The maximum absolute atomic E-state index is 14.0. The highest BCUT2D eigenvalue weighted by molar-refractivity contribution is 6.30. The molecule has 0 aliphatic carbocycles. The molecule has 0 bridgehead atoms. The van der Waals surface area contributed by atoms with Crippen molar-refractivity contribution in [1.82, 2.24) is 30.9 Å². The number of tetrazole rings is 1. The summed E-state index contributed by atoms with van der Waals surface area (Å²) in [5.41, 5.74) is 1.26. The van der Waals surface area contributed by atoms with Crippen LogP contribution in [0.25, 0.3) is 11.4 Å². The first kappa shape index (κ1) is 20.4. The normalized spacial score (nSPS) is 19.5. The smallest absolute Gasteiger partial charge is 0.225 e. The van der Waals surface area contributed by atoms with Gasteiger partial charge in [-0.05, 0) is 40.3 Å².